The average Bonchev–Trinajstić information content (AvgIpc) is 2.38. The van der Waals surface area contributed by atoms with E-state index in [0.717, 1.165) is 6.42 Å². The van der Waals surface area contributed by atoms with Gasteiger partial charge in [-0.05, 0) is 30.7 Å². The van der Waals surface area contributed by atoms with E-state index >= 15 is 0 Å². The summed E-state index contributed by atoms with van der Waals surface area (Å²) in [7, 11) is 1.76. The van der Waals surface area contributed by atoms with E-state index in [0.29, 0.717) is 23.2 Å². The van der Waals surface area contributed by atoms with E-state index in [1.165, 1.54) is 19.3 Å². The summed E-state index contributed by atoms with van der Waals surface area (Å²) >= 11 is 7.77. The van der Waals surface area contributed by atoms with Crippen LogP contribution in [0.15, 0.2) is 0 Å². The Morgan fingerprint density at radius 1 is 1.17 bits per heavy atom. The molecule has 2 unspecified atom stereocenters. The first kappa shape index (κ1) is 13.7. The van der Waals surface area contributed by atoms with E-state index in [1.54, 1.807) is 7.05 Å². The molecule has 0 spiro atoms. The van der Waals surface area contributed by atoms with Gasteiger partial charge in [-0.1, -0.05) is 12.8 Å². The van der Waals surface area contributed by atoms with Crippen LogP contribution in [0, 0.1) is 0 Å². The third kappa shape index (κ3) is 3.38. The van der Waals surface area contributed by atoms with Gasteiger partial charge in [-0.2, -0.15) is 26.7 Å². The van der Waals surface area contributed by atoms with Gasteiger partial charge < -0.3 is 10.6 Å². The minimum Gasteiger partial charge on any atom is -0.357 e. The van der Waals surface area contributed by atoms with Crippen LogP contribution in [0.1, 0.15) is 25.7 Å². The molecule has 0 saturated heterocycles. The second-order valence-corrected chi connectivity index (χ2v) is 5.73. The number of aromatic nitrogens is 3. The zero-order chi connectivity index (χ0) is 13.0. The molecule has 1 aromatic rings. The number of halogens is 1. The molecular weight excluding hydrogens is 270 g/mol. The fraction of sp³-hybridized carbons (Fsp3) is 0.727. The monoisotopic (exact) mass is 287 g/mol. The van der Waals surface area contributed by atoms with Crippen LogP contribution in [-0.4, -0.2) is 39.5 Å². The summed E-state index contributed by atoms with van der Waals surface area (Å²) in [6, 6.07) is 0.414. The summed E-state index contributed by atoms with van der Waals surface area (Å²) in [5, 5.41) is 7.10. The minimum atomic E-state index is 0.216. The highest BCUT2D eigenvalue weighted by molar-refractivity contribution is 7.99. The Kier molecular flexibility index (Phi) is 4.88. The van der Waals surface area contributed by atoms with Crippen molar-refractivity contribution in [2.45, 2.75) is 37.0 Å². The van der Waals surface area contributed by atoms with Crippen LogP contribution in [0.5, 0.6) is 0 Å². The molecule has 2 atom stereocenters. The molecule has 0 aromatic carbocycles. The van der Waals surface area contributed by atoms with Crippen LogP contribution in [0.25, 0.3) is 0 Å². The van der Waals surface area contributed by atoms with Crippen LogP contribution < -0.4 is 10.6 Å². The molecule has 100 valence electrons. The van der Waals surface area contributed by atoms with E-state index in [4.69, 9.17) is 11.6 Å². The minimum absolute atomic E-state index is 0.216. The molecule has 2 rings (SSSR count). The van der Waals surface area contributed by atoms with Crippen LogP contribution in [-0.2, 0) is 0 Å². The fourth-order valence-electron chi connectivity index (χ4n) is 2.24. The van der Waals surface area contributed by atoms with Crippen molar-refractivity contribution in [2.24, 2.45) is 0 Å². The molecule has 0 radical (unpaired) electrons. The Labute approximate surface area is 117 Å². The lowest BCUT2D eigenvalue weighted by Crippen LogP contribution is -2.35. The van der Waals surface area contributed by atoms with Crippen molar-refractivity contribution in [3.63, 3.8) is 0 Å². The lowest BCUT2D eigenvalue weighted by molar-refractivity contribution is 0.473. The van der Waals surface area contributed by atoms with E-state index < -0.39 is 0 Å². The maximum Gasteiger partial charge on any atom is 0.229 e. The van der Waals surface area contributed by atoms with Gasteiger partial charge in [-0.25, -0.2) is 0 Å². The third-order valence-electron chi connectivity index (χ3n) is 3.15. The van der Waals surface area contributed by atoms with Gasteiger partial charge in [0, 0.05) is 18.3 Å². The van der Waals surface area contributed by atoms with Crippen molar-refractivity contribution < 1.29 is 0 Å². The zero-order valence-corrected chi connectivity index (χ0v) is 12.2. The molecule has 1 fully saturated rings. The fourth-order valence-corrected chi connectivity index (χ4v) is 3.33. The third-order valence-corrected chi connectivity index (χ3v) is 4.49. The molecule has 1 heterocycles. The van der Waals surface area contributed by atoms with Gasteiger partial charge in [0.25, 0.3) is 0 Å². The Balaban J connectivity index is 2.09. The number of nitrogens with one attached hydrogen (secondary N) is 2. The molecule has 1 aliphatic rings. The standard InChI is InChI=1S/C11H18ClN5S/c1-13-10-15-9(12)16-11(17-10)14-7-5-3-4-6-8(7)18-2/h7-8H,3-6H2,1-2H3,(H2,13,14,15,16,17). The molecule has 0 bridgehead atoms. The molecule has 1 saturated carbocycles. The van der Waals surface area contributed by atoms with Gasteiger partial charge >= 0.3 is 0 Å². The van der Waals surface area contributed by atoms with Crippen molar-refractivity contribution >= 4 is 35.3 Å². The molecule has 1 aromatic heterocycles. The summed E-state index contributed by atoms with van der Waals surface area (Å²) in [6.45, 7) is 0. The molecule has 2 N–H and O–H groups in total. The Morgan fingerprint density at radius 2 is 1.89 bits per heavy atom. The van der Waals surface area contributed by atoms with Crippen molar-refractivity contribution in [1.29, 1.82) is 0 Å². The molecular formula is C11H18ClN5S. The molecule has 18 heavy (non-hydrogen) atoms. The Hall–Kier alpha value is -0.750. The van der Waals surface area contributed by atoms with E-state index in [2.05, 4.69) is 31.8 Å². The number of thioether (sulfide) groups is 1. The van der Waals surface area contributed by atoms with Gasteiger partial charge in [0.2, 0.25) is 17.2 Å². The lowest BCUT2D eigenvalue weighted by Gasteiger charge is -2.30. The predicted octanol–water partition coefficient (Wildman–Crippen LogP) is 2.65. The quantitative estimate of drug-likeness (QED) is 0.888. The maximum atomic E-state index is 5.87. The number of anilines is 2. The number of hydrogen-bond acceptors (Lipinski definition) is 6. The highest BCUT2D eigenvalue weighted by Gasteiger charge is 2.25. The summed E-state index contributed by atoms with van der Waals surface area (Å²) < 4.78 is 0. The molecule has 7 heteroatoms. The van der Waals surface area contributed by atoms with Crippen LogP contribution in [0.3, 0.4) is 0 Å². The Bertz CT molecular complexity index is 403. The van der Waals surface area contributed by atoms with E-state index in [-0.39, 0.29) is 5.28 Å². The van der Waals surface area contributed by atoms with Crippen molar-refractivity contribution in [3.8, 4) is 0 Å². The number of nitrogens with zero attached hydrogens (tertiary/aromatic N) is 3. The summed E-state index contributed by atoms with van der Waals surface area (Å²) in [4.78, 5) is 12.4. The highest BCUT2D eigenvalue weighted by atomic mass is 35.5. The Morgan fingerprint density at radius 3 is 2.61 bits per heavy atom. The summed E-state index contributed by atoms with van der Waals surface area (Å²) in [5.74, 6) is 1.05. The second kappa shape index (κ2) is 6.43. The first-order valence-corrected chi connectivity index (χ1v) is 7.78. The summed E-state index contributed by atoms with van der Waals surface area (Å²) in [5.41, 5.74) is 0. The number of hydrogen-bond donors (Lipinski definition) is 2. The first-order chi connectivity index (χ1) is 8.72. The van der Waals surface area contributed by atoms with Gasteiger partial charge in [0.1, 0.15) is 0 Å². The molecule has 0 amide bonds. The molecule has 1 aliphatic carbocycles. The van der Waals surface area contributed by atoms with Gasteiger partial charge in [-0.15, -0.1) is 0 Å². The van der Waals surface area contributed by atoms with E-state index in [1.807, 2.05) is 11.8 Å². The number of rotatable bonds is 4. The van der Waals surface area contributed by atoms with Crippen LogP contribution in [0.4, 0.5) is 11.9 Å². The second-order valence-electron chi connectivity index (χ2n) is 4.31. The molecule has 0 aliphatic heterocycles. The van der Waals surface area contributed by atoms with Crippen molar-refractivity contribution in [2.75, 3.05) is 23.9 Å². The average molecular weight is 288 g/mol. The van der Waals surface area contributed by atoms with Crippen molar-refractivity contribution in [1.82, 2.24) is 15.0 Å². The smallest absolute Gasteiger partial charge is 0.229 e. The zero-order valence-electron chi connectivity index (χ0n) is 10.6. The predicted molar refractivity (Wildman–Crippen MR) is 77.6 cm³/mol. The van der Waals surface area contributed by atoms with E-state index in [9.17, 15) is 0 Å². The van der Waals surface area contributed by atoms with Gasteiger partial charge in [-0.3, -0.25) is 0 Å². The largest absolute Gasteiger partial charge is 0.357 e. The lowest BCUT2D eigenvalue weighted by atomic mass is 9.95. The highest BCUT2D eigenvalue weighted by Crippen LogP contribution is 2.29. The SMILES string of the molecule is CNc1nc(Cl)nc(NC2CCCCC2SC)n1. The van der Waals surface area contributed by atoms with Crippen LogP contribution in [0.2, 0.25) is 5.28 Å². The normalized spacial score (nSPS) is 23.7. The molecule has 5 nitrogen and oxygen atoms in total. The van der Waals surface area contributed by atoms with Gasteiger partial charge in [0.05, 0.1) is 0 Å². The maximum absolute atomic E-state index is 5.87. The first-order valence-electron chi connectivity index (χ1n) is 6.11. The topological polar surface area (TPSA) is 62.7 Å². The summed E-state index contributed by atoms with van der Waals surface area (Å²) in [6.07, 6.45) is 7.13. The van der Waals surface area contributed by atoms with Gasteiger partial charge in [0.15, 0.2) is 0 Å². The van der Waals surface area contributed by atoms with Crippen molar-refractivity contribution in [3.05, 3.63) is 5.28 Å². The van der Waals surface area contributed by atoms with Crippen LogP contribution >= 0.6 is 23.4 Å².